The number of nitrogens with zero attached hydrogens (tertiary/aromatic N) is 1. The first-order chi connectivity index (χ1) is 11.7. The molecule has 2 amide bonds. The van der Waals surface area contributed by atoms with Gasteiger partial charge in [-0.05, 0) is 49.7 Å². The zero-order valence-corrected chi connectivity index (χ0v) is 13.6. The van der Waals surface area contributed by atoms with Crippen molar-refractivity contribution in [3.05, 3.63) is 60.2 Å². The van der Waals surface area contributed by atoms with E-state index >= 15 is 0 Å². The largest absolute Gasteiger partial charge is 0.494 e. The maximum Gasteiger partial charge on any atom is 0.251 e. The second kappa shape index (κ2) is 7.17. The number of anilines is 1. The monoisotopic (exact) mass is 324 g/mol. The fourth-order valence-electron chi connectivity index (χ4n) is 2.79. The lowest BCUT2D eigenvalue weighted by Gasteiger charge is -2.17. The fourth-order valence-corrected chi connectivity index (χ4v) is 2.79. The molecular formula is C19H20N2O3. The van der Waals surface area contributed by atoms with Crippen LogP contribution < -0.4 is 15.0 Å². The van der Waals surface area contributed by atoms with Crippen molar-refractivity contribution in [2.75, 3.05) is 18.1 Å². The quantitative estimate of drug-likeness (QED) is 0.920. The summed E-state index contributed by atoms with van der Waals surface area (Å²) in [7, 11) is 0. The molecule has 0 aliphatic carbocycles. The van der Waals surface area contributed by atoms with Gasteiger partial charge in [-0.2, -0.15) is 0 Å². The van der Waals surface area contributed by atoms with E-state index in [-0.39, 0.29) is 11.8 Å². The highest BCUT2D eigenvalue weighted by Gasteiger charge is 2.33. The van der Waals surface area contributed by atoms with E-state index in [1.807, 2.05) is 37.3 Å². The third-order valence-electron chi connectivity index (χ3n) is 4.01. The van der Waals surface area contributed by atoms with Gasteiger partial charge in [-0.25, -0.2) is 0 Å². The molecule has 1 heterocycles. The van der Waals surface area contributed by atoms with Crippen LogP contribution in [0.4, 0.5) is 5.69 Å². The Labute approximate surface area is 141 Å². The Balaban J connectivity index is 1.64. The molecule has 0 aromatic heterocycles. The van der Waals surface area contributed by atoms with Gasteiger partial charge in [-0.3, -0.25) is 9.59 Å². The van der Waals surface area contributed by atoms with E-state index in [1.165, 1.54) is 0 Å². The first-order valence-electron chi connectivity index (χ1n) is 8.09. The molecule has 124 valence electrons. The molecule has 3 rings (SSSR count). The normalized spacial score (nSPS) is 17.0. The van der Waals surface area contributed by atoms with Gasteiger partial charge in [0.05, 0.1) is 6.61 Å². The van der Waals surface area contributed by atoms with Crippen LogP contribution in [-0.4, -0.2) is 31.0 Å². The van der Waals surface area contributed by atoms with Crippen molar-refractivity contribution in [2.24, 2.45) is 0 Å². The predicted molar refractivity (Wildman–Crippen MR) is 92.3 cm³/mol. The van der Waals surface area contributed by atoms with E-state index < -0.39 is 6.04 Å². The Morgan fingerprint density at radius 3 is 2.54 bits per heavy atom. The number of ether oxygens (including phenoxy) is 1. The van der Waals surface area contributed by atoms with E-state index in [0.717, 1.165) is 11.4 Å². The van der Waals surface area contributed by atoms with Crippen molar-refractivity contribution in [1.82, 2.24) is 5.32 Å². The highest BCUT2D eigenvalue weighted by Crippen LogP contribution is 2.21. The van der Waals surface area contributed by atoms with Gasteiger partial charge in [0.15, 0.2) is 0 Å². The highest BCUT2D eigenvalue weighted by atomic mass is 16.5. The van der Waals surface area contributed by atoms with Crippen LogP contribution in [-0.2, 0) is 4.79 Å². The van der Waals surface area contributed by atoms with Crippen molar-refractivity contribution in [3.8, 4) is 5.75 Å². The summed E-state index contributed by atoms with van der Waals surface area (Å²) in [6.07, 6.45) is 0.608. The van der Waals surface area contributed by atoms with Gasteiger partial charge in [0.1, 0.15) is 11.8 Å². The standard InChI is InChI=1S/C19H20N2O3/c1-2-24-16-10-8-14(9-11-16)18(22)20-17-12-13-21(19(17)23)15-6-4-3-5-7-15/h3-11,17H,2,12-13H2,1H3,(H,20,22)/t17-/m1/s1. The molecule has 24 heavy (non-hydrogen) atoms. The average molecular weight is 324 g/mol. The van der Waals surface area contributed by atoms with E-state index in [2.05, 4.69) is 5.32 Å². The second-order valence-corrected chi connectivity index (χ2v) is 5.60. The van der Waals surface area contributed by atoms with Crippen LogP contribution in [0.2, 0.25) is 0 Å². The van der Waals surface area contributed by atoms with Gasteiger partial charge in [0.2, 0.25) is 5.91 Å². The molecular weight excluding hydrogens is 304 g/mol. The molecule has 2 aromatic carbocycles. The number of hydrogen-bond acceptors (Lipinski definition) is 3. The number of carbonyl (C=O) groups is 2. The number of para-hydroxylation sites is 1. The summed E-state index contributed by atoms with van der Waals surface area (Å²) in [6.45, 7) is 3.10. The topological polar surface area (TPSA) is 58.6 Å². The summed E-state index contributed by atoms with van der Waals surface area (Å²) in [6, 6.07) is 15.9. The first-order valence-corrected chi connectivity index (χ1v) is 8.09. The average Bonchev–Trinajstić information content (AvgIpc) is 2.97. The lowest BCUT2D eigenvalue weighted by atomic mass is 10.1. The maximum absolute atomic E-state index is 12.5. The van der Waals surface area contributed by atoms with Crippen LogP contribution in [0, 0.1) is 0 Å². The van der Waals surface area contributed by atoms with Gasteiger partial charge in [0.25, 0.3) is 5.91 Å². The molecule has 1 saturated heterocycles. The maximum atomic E-state index is 12.5. The van der Waals surface area contributed by atoms with E-state index in [0.29, 0.717) is 25.1 Å². The number of carbonyl (C=O) groups excluding carboxylic acids is 2. The van der Waals surface area contributed by atoms with Gasteiger partial charge >= 0.3 is 0 Å². The Hall–Kier alpha value is -2.82. The van der Waals surface area contributed by atoms with Crippen LogP contribution in [0.25, 0.3) is 0 Å². The van der Waals surface area contributed by atoms with E-state index in [4.69, 9.17) is 4.74 Å². The molecule has 1 N–H and O–H groups in total. The number of nitrogens with one attached hydrogen (secondary N) is 1. The molecule has 5 nitrogen and oxygen atoms in total. The molecule has 1 aliphatic heterocycles. The molecule has 0 radical (unpaired) electrons. The van der Waals surface area contributed by atoms with Crippen LogP contribution in [0.5, 0.6) is 5.75 Å². The van der Waals surface area contributed by atoms with Crippen molar-refractivity contribution >= 4 is 17.5 Å². The van der Waals surface area contributed by atoms with Crippen molar-refractivity contribution < 1.29 is 14.3 Å². The van der Waals surface area contributed by atoms with Gasteiger partial charge in [0, 0.05) is 17.8 Å². The predicted octanol–water partition coefficient (Wildman–Crippen LogP) is 2.62. The molecule has 0 saturated carbocycles. The molecule has 1 fully saturated rings. The number of hydrogen-bond donors (Lipinski definition) is 1. The van der Waals surface area contributed by atoms with Crippen LogP contribution in [0.1, 0.15) is 23.7 Å². The summed E-state index contributed by atoms with van der Waals surface area (Å²) in [5, 5.41) is 2.83. The summed E-state index contributed by atoms with van der Waals surface area (Å²) in [5.74, 6) is 0.410. The summed E-state index contributed by atoms with van der Waals surface area (Å²) >= 11 is 0. The molecule has 1 aliphatic rings. The van der Waals surface area contributed by atoms with Crippen LogP contribution in [0.15, 0.2) is 54.6 Å². The molecule has 0 bridgehead atoms. The van der Waals surface area contributed by atoms with Crippen LogP contribution in [0.3, 0.4) is 0 Å². The molecule has 0 spiro atoms. The second-order valence-electron chi connectivity index (χ2n) is 5.60. The van der Waals surface area contributed by atoms with Crippen molar-refractivity contribution in [1.29, 1.82) is 0 Å². The zero-order chi connectivity index (χ0) is 16.9. The lowest BCUT2D eigenvalue weighted by Crippen LogP contribution is -2.41. The number of rotatable bonds is 5. The minimum Gasteiger partial charge on any atom is -0.494 e. The third-order valence-corrected chi connectivity index (χ3v) is 4.01. The third kappa shape index (κ3) is 3.40. The van der Waals surface area contributed by atoms with Crippen molar-refractivity contribution in [3.63, 3.8) is 0 Å². The highest BCUT2D eigenvalue weighted by molar-refractivity contribution is 6.03. The Morgan fingerprint density at radius 1 is 1.17 bits per heavy atom. The summed E-state index contributed by atoms with van der Waals surface area (Å²) in [5.41, 5.74) is 1.38. The lowest BCUT2D eigenvalue weighted by molar-refractivity contribution is -0.118. The van der Waals surface area contributed by atoms with E-state index in [9.17, 15) is 9.59 Å². The van der Waals surface area contributed by atoms with Crippen LogP contribution >= 0.6 is 0 Å². The van der Waals surface area contributed by atoms with Gasteiger partial charge in [-0.1, -0.05) is 18.2 Å². The Kier molecular flexibility index (Phi) is 4.79. The smallest absolute Gasteiger partial charge is 0.251 e. The summed E-state index contributed by atoms with van der Waals surface area (Å²) < 4.78 is 5.36. The summed E-state index contributed by atoms with van der Waals surface area (Å²) in [4.78, 5) is 26.6. The minimum atomic E-state index is -0.482. The van der Waals surface area contributed by atoms with Gasteiger partial charge in [-0.15, -0.1) is 0 Å². The van der Waals surface area contributed by atoms with E-state index in [1.54, 1.807) is 29.2 Å². The fraction of sp³-hybridized carbons (Fsp3) is 0.263. The SMILES string of the molecule is CCOc1ccc(C(=O)N[C@@H]2CCN(c3ccccc3)C2=O)cc1. The molecule has 2 aromatic rings. The van der Waals surface area contributed by atoms with Crippen molar-refractivity contribution in [2.45, 2.75) is 19.4 Å². The molecule has 1 atom stereocenters. The molecule has 0 unspecified atom stereocenters. The Morgan fingerprint density at radius 2 is 1.88 bits per heavy atom. The van der Waals surface area contributed by atoms with Gasteiger partial charge < -0.3 is 15.0 Å². The number of amides is 2. The zero-order valence-electron chi connectivity index (χ0n) is 13.6. The number of benzene rings is 2. The molecule has 5 heteroatoms. The Bertz CT molecular complexity index is 713. The first kappa shape index (κ1) is 16.1. The minimum absolute atomic E-state index is 0.0690.